The van der Waals surface area contributed by atoms with E-state index in [0.717, 1.165) is 12.8 Å². The molecule has 0 aromatic heterocycles. The Kier molecular flexibility index (Phi) is 5.39. The van der Waals surface area contributed by atoms with E-state index in [1.807, 2.05) is 0 Å². The zero-order valence-electron chi connectivity index (χ0n) is 10.1. The number of hydrogen-bond acceptors (Lipinski definition) is 2. The highest BCUT2D eigenvalue weighted by atomic mass is 35.5. The SMILES string of the molecule is CC(C)[C@H]1CC[C@H](C)C[C@@H]1OC(=O)C(Cl)Cl. The number of carbonyl (C=O) groups excluding carboxylic acids is 1. The fraction of sp³-hybridized carbons (Fsp3) is 0.917. The van der Waals surface area contributed by atoms with Crippen molar-refractivity contribution in [1.29, 1.82) is 0 Å². The van der Waals surface area contributed by atoms with E-state index in [2.05, 4.69) is 20.8 Å². The first-order valence-electron chi connectivity index (χ1n) is 5.90. The second kappa shape index (κ2) is 6.11. The Labute approximate surface area is 108 Å². The van der Waals surface area contributed by atoms with Gasteiger partial charge in [0.1, 0.15) is 6.10 Å². The Morgan fingerprint density at radius 3 is 2.44 bits per heavy atom. The molecule has 94 valence electrons. The van der Waals surface area contributed by atoms with Crippen LogP contribution in [0.25, 0.3) is 0 Å². The van der Waals surface area contributed by atoms with E-state index in [9.17, 15) is 4.79 Å². The first kappa shape index (κ1) is 14.1. The molecule has 0 aliphatic heterocycles. The zero-order chi connectivity index (χ0) is 12.3. The average Bonchev–Trinajstić information content (AvgIpc) is 2.16. The van der Waals surface area contributed by atoms with Gasteiger partial charge in [0, 0.05) is 0 Å². The van der Waals surface area contributed by atoms with Crippen molar-refractivity contribution in [3.05, 3.63) is 0 Å². The summed E-state index contributed by atoms with van der Waals surface area (Å²) in [6.07, 6.45) is 3.24. The maximum atomic E-state index is 11.4. The fourth-order valence-corrected chi connectivity index (χ4v) is 2.55. The number of ether oxygens (including phenoxy) is 1. The molecule has 3 atom stereocenters. The Bertz CT molecular complexity index is 241. The molecule has 0 aromatic rings. The molecule has 1 aliphatic rings. The summed E-state index contributed by atoms with van der Waals surface area (Å²) in [5.41, 5.74) is 0. The summed E-state index contributed by atoms with van der Waals surface area (Å²) >= 11 is 11.0. The maximum absolute atomic E-state index is 11.4. The van der Waals surface area contributed by atoms with Crippen LogP contribution in [0, 0.1) is 17.8 Å². The molecule has 1 fully saturated rings. The first-order valence-corrected chi connectivity index (χ1v) is 6.77. The summed E-state index contributed by atoms with van der Waals surface area (Å²) in [6.45, 7) is 6.52. The van der Waals surface area contributed by atoms with Crippen molar-refractivity contribution in [2.75, 3.05) is 0 Å². The third-order valence-electron chi connectivity index (χ3n) is 3.41. The van der Waals surface area contributed by atoms with Gasteiger partial charge in [-0.15, -0.1) is 0 Å². The van der Waals surface area contributed by atoms with Crippen LogP contribution in [0.4, 0.5) is 0 Å². The number of alkyl halides is 2. The molecule has 1 aliphatic carbocycles. The minimum Gasteiger partial charge on any atom is -0.460 e. The summed E-state index contributed by atoms with van der Waals surface area (Å²) in [5.74, 6) is 1.06. The topological polar surface area (TPSA) is 26.3 Å². The van der Waals surface area contributed by atoms with Crippen LogP contribution in [0.3, 0.4) is 0 Å². The van der Waals surface area contributed by atoms with Crippen molar-refractivity contribution in [3.8, 4) is 0 Å². The molecule has 0 spiro atoms. The molecular formula is C12H20Cl2O2. The Morgan fingerprint density at radius 2 is 1.94 bits per heavy atom. The predicted octanol–water partition coefficient (Wildman–Crippen LogP) is 3.79. The molecule has 0 unspecified atom stereocenters. The van der Waals surface area contributed by atoms with Crippen molar-refractivity contribution in [2.24, 2.45) is 17.8 Å². The monoisotopic (exact) mass is 266 g/mol. The summed E-state index contributed by atoms with van der Waals surface area (Å²) in [5, 5.41) is 0. The second-order valence-electron chi connectivity index (χ2n) is 5.10. The normalized spacial score (nSPS) is 30.8. The quantitative estimate of drug-likeness (QED) is 0.574. The van der Waals surface area contributed by atoms with Crippen molar-refractivity contribution in [1.82, 2.24) is 0 Å². The van der Waals surface area contributed by atoms with Gasteiger partial charge in [-0.3, -0.25) is 0 Å². The van der Waals surface area contributed by atoms with Gasteiger partial charge >= 0.3 is 5.97 Å². The predicted molar refractivity (Wildman–Crippen MR) is 66.7 cm³/mol. The van der Waals surface area contributed by atoms with Crippen molar-refractivity contribution in [2.45, 2.75) is 51.0 Å². The van der Waals surface area contributed by atoms with Crippen LogP contribution < -0.4 is 0 Å². The van der Waals surface area contributed by atoms with Gasteiger partial charge in [-0.2, -0.15) is 0 Å². The molecular weight excluding hydrogens is 247 g/mol. The van der Waals surface area contributed by atoms with Crippen LogP contribution in [0.5, 0.6) is 0 Å². The maximum Gasteiger partial charge on any atom is 0.339 e. The average molecular weight is 267 g/mol. The summed E-state index contributed by atoms with van der Waals surface area (Å²) < 4.78 is 5.39. The van der Waals surface area contributed by atoms with Gasteiger partial charge in [0.15, 0.2) is 0 Å². The third kappa shape index (κ3) is 3.81. The van der Waals surface area contributed by atoms with Crippen LogP contribution in [0.2, 0.25) is 0 Å². The molecule has 0 radical (unpaired) electrons. The second-order valence-corrected chi connectivity index (χ2v) is 6.20. The van der Waals surface area contributed by atoms with Crippen molar-refractivity contribution in [3.63, 3.8) is 0 Å². The zero-order valence-corrected chi connectivity index (χ0v) is 11.6. The summed E-state index contributed by atoms with van der Waals surface area (Å²) in [7, 11) is 0. The minimum absolute atomic E-state index is 0.0174. The molecule has 1 saturated carbocycles. The van der Waals surface area contributed by atoms with Crippen LogP contribution >= 0.6 is 23.2 Å². The number of rotatable bonds is 3. The van der Waals surface area contributed by atoms with E-state index < -0.39 is 10.8 Å². The molecule has 0 amide bonds. The molecule has 1 rings (SSSR count). The Balaban J connectivity index is 2.61. The van der Waals surface area contributed by atoms with Crippen molar-refractivity contribution >= 4 is 29.2 Å². The largest absolute Gasteiger partial charge is 0.460 e. The first-order chi connectivity index (χ1) is 7.41. The molecule has 0 bridgehead atoms. The molecule has 0 aromatic carbocycles. The van der Waals surface area contributed by atoms with E-state index in [0.29, 0.717) is 17.8 Å². The Morgan fingerprint density at radius 1 is 1.31 bits per heavy atom. The van der Waals surface area contributed by atoms with Crippen LogP contribution in [0.1, 0.15) is 40.0 Å². The fourth-order valence-electron chi connectivity index (χ4n) is 2.45. The number of esters is 1. The van der Waals surface area contributed by atoms with Crippen LogP contribution in [0.15, 0.2) is 0 Å². The molecule has 2 nitrogen and oxygen atoms in total. The lowest BCUT2D eigenvalue weighted by molar-refractivity contribution is -0.153. The lowest BCUT2D eigenvalue weighted by Crippen LogP contribution is -2.36. The molecule has 16 heavy (non-hydrogen) atoms. The van der Waals surface area contributed by atoms with E-state index in [1.54, 1.807) is 0 Å². The molecule has 0 saturated heterocycles. The van der Waals surface area contributed by atoms with E-state index in [4.69, 9.17) is 27.9 Å². The van der Waals surface area contributed by atoms with Crippen LogP contribution in [-0.4, -0.2) is 16.9 Å². The van der Waals surface area contributed by atoms with E-state index >= 15 is 0 Å². The number of halogens is 2. The van der Waals surface area contributed by atoms with Gasteiger partial charge in [-0.1, -0.05) is 50.4 Å². The standard InChI is InChI=1S/C12H20Cl2O2/c1-7(2)9-5-4-8(3)6-10(9)16-12(15)11(13)14/h7-11H,4-6H2,1-3H3/t8-,9+,10-/m0/s1. The number of hydrogen-bond donors (Lipinski definition) is 0. The van der Waals surface area contributed by atoms with E-state index in [-0.39, 0.29) is 6.10 Å². The molecule has 4 heteroatoms. The van der Waals surface area contributed by atoms with Gasteiger partial charge in [0.05, 0.1) is 0 Å². The van der Waals surface area contributed by atoms with Crippen LogP contribution in [-0.2, 0) is 9.53 Å². The van der Waals surface area contributed by atoms with Gasteiger partial charge in [0.2, 0.25) is 4.84 Å². The lowest BCUT2D eigenvalue weighted by Gasteiger charge is -2.36. The van der Waals surface area contributed by atoms with Gasteiger partial charge in [-0.25, -0.2) is 4.79 Å². The third-order valence-corrected chi connectivity index (χ3v) is 3.76. The van der Waals surface area contributed by atoms with Gasteiger partial charge < -0.3 is 4.74 Å². The molecule has 0 N–H and O–H groups in total. The van der Waals surface area contributed by atoms with Gasteiger partial charge in [0.25, 0.3) is 0 Å². The lowest BCUT2D eigenvalue weighted by atomic mass is 9.75. The highest BCUT2D eigenvalue weighted by Crippen LogP contribution is 2.35. The summed E-state index contributed by atoms with van der Waals surface area (Å²) in [4.78, 5) is 10.3. The van der Waals surface area contributed by atoms with E-state index in [1.165, 1.54) is 6.42 Å². The van der Waals surface area contributed by atoms with Crippen molar-refractivity contribution < 1.29 is 9.53 Å². The molecule has 0 heterocycles. The summed E-state index contributed by atoms with van der Waals surface area (Å²) in [6, 6.07) is 0. The van der Waals surface area contributed by atoms with Gasteiger partial charge in [-0.05, 0) is 30.6 Å². The smallest absolute Gasteiger partial charge is 0.339 e. The minimum atomic E-state index is -1.06. The Hall–Kier alpha value is 0.0500. The highest BCUT2D eigenvalue weighted by molar-refractivity contribution is 6.52. The highest BCUT2D eigenvalue weighted by Gasteiger charge is 2.34. The number of carbonyl (C=O) groups is 1.